The number of nitrogens with one attached hydrogen (secondary N) is 2. The first-order valence-corrected chi connectivity index (χ1v) is 13.8. The number of halogens is 3. The van der Waals surface area contributed by atoms with E-state index in [1.807, 2.05) is 4.57 Å². The summed E-state index contributed by atoms with van der Waals surface area (Å²) in [6.07, 6.45) is 8.76. The largest absolute Gasteiger partial charge is 0.393 e. The van der Waals surface area contributed by atoms with Gasteiger partial charge in [0.05, 0.1) is 28.0 Å². The standard InChI is InChI=1S/C25H30Cl3N7O2/c26-14-9-18(27)21(19(28)10-14)33-25-32-20-12-30-24(31-15-3-1-2-4-17(36)11-15)34-23(20)35(25)16-7-5-13(6-8-16)22(29)37/h9-10,12-13,15-17,36H,1-8,11H2,(H2,29,37)(H,32,33)(H,30,31,34)/t13?,15-,16?,17+/m1/s1. The molecule has 3 aromatic rings. The Hall–Kier alpha value is -2.33. The minimum absolute atomic E-state index is 0.0374. The molecule has 2 atom stereocenters. The van der Waals surface area contributed by atoms with E-state index in [2.05, 4.69) is 15.6 Å². The number of nitrogens with zero attached hydrogens (tertiary/aromatic N) is 4. The van der Waals surface area contributed by atoms with E-state index < -0.39 is 0 Å². The fourth-order valence-electron chi connectivity index (χ4n) is 5.43. The van der Waals surface area contributed by atoms with Crippen LogP contribution >= 0.6 is 34.8 Å². The number of fused-ring (bicyclic) bond motifs is 1. The molecular weight excluding hydrogens is 537 g/mol. The van der Waals surface area contributed by atoms with Crippen LogP contribution in [0.2, 0.25) is 15.1 Å². The summed E-state index contributed by atoms with van der Waals surface area (Å²) in [5.41, 5.74) is 7.35. The summed E-state index contributed by atoms with van der Waals surface area (Å²) in [4.78, 5) is 25.9. The van der Waals surface area contributed by atoms with E-state index >= 15 is 0 Å². The molecule has 198 valence electrons. The first-order valence-electron chi connectivity index (χ1n) is 12.7. The topological polar surface area (TPSA) is 131 Å². The van der Waals surface area contributed by atoms with Crippen LogP contribution in [0.15, 0.2) is 18.3 Å². The van der Waals surface area contributed by atoms with Crippen LogP contribution in [0, 0.1) is 5.92 Å². The van der Waals surface area contributed by atoms with Crippen molar-refractivity contribution in [2.75, 3.05) is 10.6 Å². The van der Waals surface area contributed by atoms with Gasteiger partial charge in [-0.05, 0) is 57.1 Å². The van der Waals surface area contributed by atoms with Gasteiger partial charge in [0.15, 0.2) is 5.65 Å². The zero-order valence-corrected chi connectivity index (χ0v) is 22.5. The summed E-state index contributed by atoms with van der Waals surface area (Å²) >= 11 is 19.0. The lowest BCUT2D eigenvalue weighted by Crippen LogP contribution is -2.29. The molecule has 0 radical (unpaired) electrons. The van der Waals surface area contributed by atoms with Crippen molar-refractivity contribution in [3.63, 3.8) is 0 Å². The molecule has 9 nitrogen and oxygen atoms in total. The molecule has 2 aliphatic carbocycles. The van der Waals surface area contributed by atoms with Gasteiger partial charge in [-0.3, -0.25) is 9.36 Å². The SMILES string of the molecule is NC(=O)C1CCC(n2c(Nc3c(Cl)cc(Cl)cc3Cl)nc3cnc(N[C@@H]4CCCC[C@H](O)C4)nc32)CC1. The molecule has 1 aromatic carbocycles. The molecule has 5 rings (SSSR count). The first-order chi connectivity index (χ1) is 17.8. The van der Waals surface area contributed by atoms with E-state index in [9.17, 15) is 9.90 Å². The van der Waals surface area contributed by atoms with Crippen LogP contribution in [0.3, 0.4) is 0 Å². The van der Waals surface area contributed by atoms with E-state index in [4.69, 9.17) is 50.5 Å². The number of amides is 1. The molecule has 2 saturated carbocycles. The summed E-state index contributed by atoms with van der Waals surface area (Å²) in [5, 5.41) is 18.1. The van der Waals surface area contributed by atoms with Crippen molar-refractivity contribution in [3.8, 4) is 0 Å². The number of primary amides is 1. The Kier molecular flexibility index (Phi) is 7.95. The quantitative estimate of drug-likeness (QED) is 0.275. The minimum atomic E-state index is -0.320. The van der Waals surface area contributed by atoms with Crippen molar-refractivity contribution < 1.29 is 9.90 Å². The number of aliphatic hydroxyl groups excluding tert-OH is 1. The maximum absolute atomic E-state index is 11.8. The third-order valence-corrected chi connectivity index (χ3v) is 8.18. The Balaban J connectivity index is 1.51. The Labute approximate surface area is 230 Å². The maximum atomic E-state index is 11.8. The Morgan fingerprint density at radius 2 is 1.73 bits per heavy atom. The third-order valence-electron chi connectivity index (χ3n) is 7.37. The maximum Gasteiger partial charge on any atom is 0.224 e. The second-order valence-corrected chi connectivity index (χ2v) is 11.3. The van der Waals surface area contributed by atoms with Gasteiger partial charge >= 0.3 is 0 Å². The molecule has 5 N–H and O–H groups in total. The molecule has 0 bridgehead atoms. The molecule has 12 heteroatoms. The lowest BCUT2D eigenvalue weighted by Gasteiger charge is -2.29. The Bertz CT molecular complexity index is 1270. The molecule has 0 unspecified atom stereocenters. The van der Waals surface area contributed by atoms with E-state index in [0.29, 0.717) is 63.1 Å². The second kappa shape index (κ2) is 11.2. The fourth-order valence-corrected chi connectivity index (χ4v) is 6.35. The number of carbonyl (C=O) groups excluding carboxylic acids is 1. The number of imidazole rings is 1. The summed E-state index contributed by atoms with van der Waals surface area (Å²) in [7, 11) is 0. The van der Waals surface area contributed by atoms with Crippen LogP contribution in [0.4, 0.5) is 17.6 Å². The third kappa shape index (κ3) is 5.90. The normalized spacial score (nSPS) is 24.5. The molecule has 0 aliphatic heterocycles. The van der Waals surface area contributed by atoms with Crippen LogP contribution in [-0.2, 0) is 4.79 Å². The van der Waals surface area contributed by atoms with E-state index in [-0.39, 0.29) is 30.0 Å². The first kappa shape index (κ1) is 26.3. The zero-order chi connectivity index (χ0) is 26.1. The Morgan fingerprint density at radius 1 is 1.03 bits per heavy atom. The smallest absolute Gasteiger partial charge is 0.224 e. The van der Waals surface area contributed by atoms with Crippen LogP contribution < -0.4 is 16.4 Å². The van der Waals surface area contributed by atoms with Gasteiger partial charge in [-0.25, -0.2) is 9.97 Å². The number of rotatable bonds is 6. The highest BCUT2D eigenvalue weighted by Crippen LogP contribution is 2.40. The highest BCUT2D eigenvalue weighted by molar-refractivity contribution is 6.41. The van der Waals surface area contributed by atoms with Crippen LogP contribution in [0.1, 0.15) is 63.8 Å². The highest BCUT2D eigenvalue weighted by Gasteiger charge is 2.30. The van der Waals surface area contributed by atoms with Crippen molar-refractivity contribution in [1.29, 1.82) is 0 Å². The number of aromatic nitrogens is 4. The van der Waals surface area contributed by atoms with Crippen molar-refractivity contribution in [2.24, 2.45) is 11.7 Å². The number of anilines is 3. The monoisotopic (exact) mass is 565 g/mol. The number of aliphatic hydroxyl groups is 1. The molecule has 0 saturated heterocycles. The molecular formula is C25H30Cl3N7O2. The molecule has 0 spiro atoms. The Morgan fingerprint density at radius 3 is 2.43 bits per heavy atom. The van der Waals surface area contributed by atoms with Crippen molar-refractivity contribution in [1.82, 2.24) is 19.5 Å². The molecule has 1 amide bonds. The van der Waals surface area contributed by atoms with E-state index in [1.54, 1.807) is 18.3 Å². The zero-order valence-electron chi connectivity index (χ0n) is 20.3. The number of benzene rings is 1. The number of nitrogens with two attached hydrogens (primary N) is 1. The fraction of sp³-hybridized carbons (Fsp3) is 0.520. The van der Waals surface area contributed by atoms with Gasteiger partial charge in [0.25, 0.3) is 0 Å². The van der Waals surface area contributed by atoms with Gasteiger partial charge in [0.2, 0.25) is 17.8 Å². The second-order valence-electron chi connectivity index (χ2n) is 10.0. The van der Waals surface area contributed by atoms with Gasteiger partial charge < -0.3 is 21.5 Å². The molecule has 2 heterocycles. The van der Waals surface area contributed by atoms with Crippen LogP contribution in [-0.4, -0.2) is 42.7 Å². The average molecular weight is 567 g/mol. The molecule has 37 heavy (non-hydrogen) atoms. The van der Waals surface area contributed by atoms with Gasteiger partial charge in [-0.2, -0.15) is 4.98 Å². The van der Waals surface area contributed by atoms with Gasteiger partial charge in [0.1, 0.15) is 5.52 Å². The van der Waals surface area contributed by atoms with Crippen LogP contribution in [0.25, 0.3) is 11.2 Å². The minimum Gasteiger partial charge on any atom is -0.393 e. The van der Waals surface area contributed by atoms with Gasteiger partial charge in [-0.15, -0.1) is 0 Å². The summed E-state index contributed by atoms with van der Waals surface area (Å²) in [5.74, 6) is 0.634. The lowest BCUT2D eigenvalue weighted by atomic mass is 9.85. The predicted octanol–water partition coefficient (Wildman–Crippen LogP) is 5.85. The average Bonchev–Trinajstić information content (AvgIpc) is 3.07. The highest BCUT2D eigenvalue weighted by atomic mass is 35.5. The van der Waals surface area contributed by atoms with E-state index in [1.165, 1.54) is 0 Å². The number of hydrogen-bond acceptors (Lipinski definition) is 7. The lowest BCUT2D eigenvalue weighted by molar-refractivity contribution is -0.122. The summed E-state index contributed by atoms with van der Waals surface area (Å²) in [6.45, 7) is 0. The number of carbonyl (C=O) groups is 1. The van der Waals surface area contributed by atoms with Gasteiger partial charge in [-0.1, -0.05) is 47.6 Å². The summed E-state index contributed by atoms with van der Waals surface area (Å²) in [6, 6.07) is 3.37. The van der Waals surface area contributed by atoms with Gasteiger partial charge in [0, 0.05) is 23.0 Å². The summed E-state index contributed by atoms with van der Waals surface area (Å²) < 4.78 is 2.04. The van der Waals surface area contributed by atoms with Crippen LogP contribution in [0.5, 0.6) is 0 Å². The molecule has 2 aromatic heterocycles. The van der Waals surface area contributed by atoms with Crippen molar-refractivity contribution >= 4 is 69.5 Å². The van der Waals surface area contributed by atoms with E-state index in [0.717, 1.165) is 38.5 Å². The van der Waals surface area contributed by atoms with Crippen molar-refractivity contribution in [3.05, 3.63) is 33.4 Å². The predicted molar refractivity (Wildman–Crippen MR) is 147 cm³/mol. The molecule has 2 fully saturated rings. The molecule has 2 aliphatic rings. The number of hydrogen-bond donors (Lipinski definition) is 4. The van der Waals surface area contributed by atoms with Crippen molar-refractivity contribution in [2.45, 2.75) is 76.0 Å².